The minimum absolute atomic E-state index is 0.148. The number of hydrogen-bond donors (Lipinski definition) is 0. The molecule has 5 rings (SSSR count). The molecule has 0 saturated carbocycles. The van der Waals surface area contributed by atoms with Gasteiger partial charge in [0.1, 0.15) is 0 Å². The van der Waals surface area contributed by atoms with Crippen LogP contribution in [0.5, 0.6) is 0 Å². The van der Waals surface area contributed by atoms with E-state index in [1.165, 1.54) is 9.13 Å². The van der Waals surface area contributed by atoms with Gasteiger partial charge in [0.15, 0.2) is 11.2 Å². The first kappa shape index (κ1) is 20.7. The summed E-state index contributed by atoms with van der Waals surface area (Å²) in [6.45, 7) is 3.38. The van der Waals surface area contributed by atoms with Crippen LogP contribution < -0.4 is 11.2 Å². The zero-order chi connectivity index (χ0) is 22.2. The van der Waals surface area contributed by atoms with Crippen LogP contribution in [0, 0.1) is 6.92 Å². The van der Waals surface area contributed by atoms with Gasteiger partial charge in [-0.3, -0.25) is 9.36 Å². The fraction of sp³-hybridized carbons (Fsp3) is 0.292. The van der Waals surface area contributed by atoms with Gasteiger partial charge in [0.2, 0.25) is 0 Å². The minimum atomic E-state index is -0.430. The Morgan fingerprint density at radius 3 is 2.69 bits per heavy atom. The molecule has 2 aromatic heterocycles. The van der Waals surface area contributed by atoms with Crippen LogP contribution in [-0.4, -0.2) is 31.4 Å². The summed E-state index contributed by atoms with van der Waals surface area (Å²) < 4.78 is 10.3. The van der Waals surface area contributed by atoms with Crippen LogP contribution in [-0.2, 0) is 17.8 Å². The number of aromatic nitrogens is 4. The third kappa shape index (κ3) is 3.78. The number of hydrogen-bond acceptors (Lipinski definition) is 4. The first-order valence-corrected chi connectivity index (χ1v) is 11.0. The zero-order valence-electron chi connectivity index (χ0n) is 17.7. The quantitative estimate of drug-likeness (QED) is 0.466. The lowest BCUT2D eigenvalue weighted by molar-refractivity contribution is 0.0950. The summed E-state index contributed by atoms with van der Waals surface area (Å²) in [5.41, 5.74) is 2.74. The summed E-state index contributed by atoms with van der Waals surface area (Å²) >= 11 is 6.06. The van der Waals surface area contributed by atoms with E-state index in [4.69, 9.17) is 16.3 Å². The highest BCUT2D eigenvalue weighted by atomic mass is 35.5. The van der Waals surface area contributed by atoms with Crippen molar-refractivity contribution in [2.24, 2.45) is 0 Å². The lowest BCUT2D eigenvalue weighted by atomic mass is 10.1. The first-order valence-electron chi connectivity index (χ1n) is 10.6. The number of halogens is 1. The molecule has 0 aliphatic carbocycles. The van der Waals surface area contributed by atoms with Crippen molar-refractivity contribution in [1.82, 2.24) is 18.7 Å². The van der Waals surface area contributed by atoms with Crippen molar-refractivity contribution in [2.45, 2.75) is 39.0 Å². The third-order valence-corrected chi connectivity index (χ3v) is 6.08. The van der Waals surface area contributed by atoms with Crippen molar-refractivity contribution >= 4 is 22.8 Å². The lowest BCUT2D eigenvalue weighted by Gasteiger charge is -2.15. The monoisotopic (exact) mass is 450 g/mol. The van der Waals surface area contributed by atoms with Crippen LogP contribution in [0.4, 0.5) is 0 Å². The van der Waals surface area contributed by atoms with Crippen molar-refractivity contribution in [3.05, 3.63) is 91.8 Å². The van der Waals surface area contributed by atoms with Gasteiger partial charge >= 0.3 is 5.69 Å². The van der Waals surface area contributed by atoms with Crippen molar-refractivity contribution in [3.8, 4) is 5.69 Å². The molecule has 7 nitrogen and oxygen atoms in total. The first-order chi connectivity index (χ1) is 15.5. The number of aryl methyl sites for hydroxylation is 1. The maximum absolute atomic E-state index is 13.5. The van der Waals surface area contributed by atoms with Gasteiger partial charge in [0, 0.05) is 18.2 Å². The van der Waals surface area contributed by atoms with Gasteiger partial charge in [-0.25, -0.2) is 14.3 Å². The van der Waals surface area contributed by atoms with E-state index in [9.17, 15) is 9.59 Å². The molecule has 0 spiro atoms. The molecule has 164 valence electrons. The molecule has 1 saturated heterocycles. The van der Waals surface area contributed by atoms with Gasteiger partial charge in [-0.1, -0.05) is 41.4 Å². The Hall–Kier alpha value is -3.16. The smallest absolute Gasteiger partial charge is 0.337 e. The molecule has 2 aromatic carbocycles. The van der Waals surface area contributed by atoms with Crippen molar-refractivity contribution in [3.63, 3.8) is 0 Å². The fourth-order valence-corrected chi connectivity index (χ4v) is 4.41. The average molecular weight is 451 g/mol. The molecule has 1 aliphatic rings. The van der Waals surface area contributed by atoms with Gasteiger partial charge in [-0.05, 0) is 49.6 Å². The number of imidazole rings is 1. The Labute approximate surface area is 189 Å². The summed E-state index contributed by atoms with van der Waals surface area (Å²) in [4.78, 5) is 31.5. The summed E-state index contributed by atoms with van der Waals surface area (Å²) in [5.74, 6) is 0. The second-order valence-electron chi connectivity index (χ2n) is 8.18. The molecule has 1 fully saturated rings. The largest absolute Gasteiger partial charge is 0.376 e. The number of ether oxygens (including phenoxy) is 1. The summed E-state index contributed by atoms with van der Waals surface area (Å²) in [5, 5.41) is 0.565. The topological polar surface area (TPSA) is 71.1 Å². The van der Waals surface area contributed by atoms with Crippen LogP contribution in [0.1, 0.15) is 24.0 Å². The van der Waals surface area contributed by atoms with E-state index in [1.807, 2.05) is 29.7 Å². The van der Waals surface area contributed by atoms with E-state index < -0.39 is 5.69 Å². The van der Waals surface area contributed by atoms with Crippen LogP contribution in [0.2, 0.25) is 5.02 Å². The van der Waals surface area contributed by atoms with E-state index in [1.54, 1.807) is 30.6 Å². The van der Waals surface area contributed by atoms with Crippen LogP contribution in [0.3, 0.4) is 0 Å². The van der Waals surface area contributed by atoms with Crippen LogP contribution >= 0.6 is 11.6 Å². The highest BCUT2D eigenvalue weighted by molar-refractivity contribution is 6.30. The van der Waals surface area contributed by atoms with Crippen molar-refractivity contribution in [1.29, 1.82) is 0 Å². The zero-order valence-corrected chi connectivity index (χ0v) is 18.5. The number of rotatable bonds is 5. The second-order valence-corrected chi connectivity index (χ2v) is 8.62. The predicted molar refractivity (Wildman–Crippen MR) is 124 cm³/mol. The third-order valence-electron chi connectivity index (χ3n) is 5.83. The van der Waals surface area contributed by atoms with Crippen LogP contribution in [0.15, 0.2) is 64.4 Å². The van der Waals surface area contributed by atoms with Crippen LogP contribution in [0.25, 0.3) is 16.9 Å². The maximum atomic E-state index is 13.5. The summed E-state index contributed by atoms with van der Waals surface area (Å²) in [6.07, 6.45) is 3.23. The number of benzene rings is 2. The Morgan fingerprint density at radius 1 is 1.16 bits per heavy atom. The molecule has 0 bridgehead atoms. The molecule has 0 N–H and O–H groups in total. The molecule has 0 amide bonds. The number of fused-ring (bicyclic) bond motifs is 1. The molecule has 0 unspecified atom stereocenters. The van der Waals surface area contributed by atoms with E-state index >= 15 is 0 Å². The summed E-state index contributed by atoms with van der Waals surface area (Å²) in [7, 11) is 0. The van der Waals surface area contributed by atoms with Gasteiger partial charge in [-0.2, -0.15) is 0 Å². The molecule has 3 heterocycles. The van der Waals surface area contributed by atoms with Crippen molar-refractivity contribution in [2.75, 3.05) is 6.61 Å². The van der Waals surface area contributed by atoms with Gasteiger partial charge in [0.25, 0.3) is 5.56 Å². The molecule has 32 heavy (non-hydrogen) atoms. The number of nitrogens with zero attached hydrogens (tertiary/aromatic N) is 4. The van der Waals surface area contributed by atoms with E-state index in [2.05, 4.69) is 11.1 Å². The highest BCUT2D eigenvalue weighted by Crippen LogP contribution is 2.18. The Kier molecular flexibility index (Phi) is 5.45. The SMILES string of the molecule is Cc1cccc(Cn2cnc3c2c(=O)n(C[C@@H]2CCCO2)c(=O)n3-c2ccc(Cl)cc2)c1. The normalized spacial score (nSPS) is 16.1. The summed E-state index contributed by atoms with van der Waals surface area (Å²) in [6, 6.07) is 15.0. The maximum Gasteiger partial charge on any atom is 0.337 e. The second kappa shape index (κ2) is 8.41. The predicted octanol–water partition coefficient (Wildman–Crippen LogP) is 3.54. The van der Waals surface area contributed by atoms with Gasteiger partial charge in [-0.15, -0.1) is 0 Å². The molecule has 1 aliphatic heterocycles. The Balaban J connectivity index is 1.72. The van der Waals surface area contributed by atoms with Gasteiger partial charge < -0.3 is 9.30 Å². The molecule has 0 radical (unpaired) electrons. The van der Waals surface area contributed by atoms with Gasteiger partial charge in [0.05, 0.1) is 24.7 Å². The average Bonchev–Trinajstić information content (AvgIpc) is 3.43. The molecular formula is C24H23ClN4O3. The lowest BCUT2D eigenvalue weighted by Crippen LogP contribution is -2.42. The Bertz CT molecular complexity index is 1400. The molecule has 8 heteroatoms. The molecular weight excluding hydrogens is 428 g/mol. The standard InChI is InChI=1S/C24H23ClN4O3/c1-16-4-2-5-17(12-16)13-27-15-26-22-21(27)23(30)28(14-20-6-3-11-32-20)24(31)29(22)19-9-7-18(25)8-10-19/h2,4-5,7-10,12,15,20H,3,6,11,13-14H2,1H3/t20-/m0/s1. The fourth-order valence-electron chi connectivity index (χ4n) is 4.28. The van der Waals surface area contributed by atoms with E-state index in [0.29, 0.717) is 35.0 Å². The Morgan fingerprint density at radius 2 is 1.97 bits per heavy atom. The minimum Gasteiger partial charge on any atom is -0.376 e. The molecule has 1 atom stereocenters. The molecule has 4 aromatic rings. The van der Waals surface area contributed by atoms with E-state index in [0.717, 1.165) is 24.0 Å². The van der Waals surface area contributed by atoms with Crippen molar-refractivity contribution < 1.29 is 4.74 Å². The van der Waals surface area contributed by atoms with E-state index in [-0.39, 0.29) is 18.2 Å². The highest BCUT2D eigenvalue weighted by Gasteiger charge is 2.23.